The van der Waals surface area contributed by atoms with Crippen LogP contribution in [-0.4, -0.2) is 16.5 Å². The number of hydrogen-bond donors (Lipinski definition) is 0. The molecule has 0 fully saturated rings. The quantitative estimate of drug-likeness (QED) is 0.422. The third-order valence-corrected chi connectivity index (χ3v) is 4.75. The first-order chi connectivity index (χ1) is 7.22. The van der Waals surface area contributed by atoms with Crippen LogP contribution in [0.25, 0.3) is 0 Å². The zero-order valence-corrected chi connectivity index (χ0v) is 10.4. The van der Waals surface area contributed by atoms with Gasteiger partial charge in [0.2, 0.25) is 4.43 Å². The first kappa shape index (κ1) is 13.7. The van der Waals surface area contributed by atoms with E-state index in [1.54, 1.807) is 24.3 Å². The standard InChI is InChI=1S/C10H9F5I/c1-7-2-4-8(5-3-7)16-6-9(11,12)10(13,14)15/h2-5H,6H2,1H3/q+1. The molecule has 0 bridgehead atoms. The first-order valence-electron chi connectivity index (χ1n) is 4.33. The Hall–Kier alpha value is -0.400. The third-order valence-electron chi connectivity index (χ3n) is 1.81. The molecule has 0 aliphatic heterocycles. The Bertz CT molecular complexity index is 341. The van der Waals surface area contributed by atoms with Crippen molar-refractivity contribution in [3.05, 3.63) is 33.4 Å². The van der Waals surface area contributed by atoms with Crippen molar-refractivity contribution in [3.8, 4) is 0 Å². The lowest BCUT2D eigenvalue weighted by atomic mass is 10.2. The maximum atomic E-state index is 12.6. The number of alkyl halides is 6. The number of halogens is 6. The molecular weight excluding hydrogens is 342 g/mol. The molecule has 0 unspecified atom stereocenters. The molecule has 0 radical (unpaired) electrons. The second-order valence-corrected chi connectivity index (χ2v) is 6.04. The molecular formula is C10H9F5I+. The monoisotopic (exact) mass is 351 g/mol. The van der Waals surface area contributed by atoms with Crippen molar-refractivity contribution in [2.75, 3.05) is 4.43 Å². The Labute approximate surface area is 100 Å². The molecule has 16 heavy (non-hydrogen) atoms. The molecule has 0 nitrogen and oxygen atoms in total. The number of hydrogen-bond acceptors (Lipinski definition) is 0. The second kappa shape index (κ2) is 4.85. The lowest BCUT2D eigenvalue weighted by Gasteiger charge is -2.13. The summed E-state index contributed by atoms with van der Waals surface area (Å²) in [5.41, 5.74) is 0.954. The fraction of sp³-hybridized carbons (Fsp3) is 0.400. The van der Waals surface area contributed by atoms with Gasteiger partial charge in [0.05, 0.1) is 0 Å². The van der Waals surface area contributed by atoms with E-state index in [0.717, 1.165) is 5.56 Å². The van der Waals surface area contributed by atoms with Crippen LogP contribution in [0.15, 0.2) is 24.3 Å². The summed E-state index contributed by atoms with van der Waals surface area (Å²) in [5, 5.41) is 0. The minimum Gasteiger partial charge on any atom is -0.191 e. The number of aryl methyl sites for hydroxylation is 1. The van der Waals surface area contributed by atoms with Gasteiger partial charge in [0.15, 0.2) is 3.57 Å². The second-order valence-electron chi connectivity index (χ2n) is 3.27. The van der Waals surface area contributed by atoms with Gasteiger partial charge in [-0.25, -0.2) is 0 Å². The molecule has 0 spiro atoms. The first-order valence-corrected chi connectivity index (χ1v) is 6.93. The highest BCUT2D eigenvalue weighted by Gasteiger charge is 2.61. The van der Waals surface area contributed by atoms with Crippen molar-refractivity contribution in [1.29, 1.82) is 0 Å². The molecule has 0 aliphatic rings. The van der Waals surface area contributed by atoms with E-state index in [4.69, 9.17) is 0 Å². The minimum atomic E-state index is -5.43. The summed E-state index contributed by atoms with van der Waals surface area (Å²) in [4.78, 5) is 0. The molecule has 0 amide bonds. The Morgan fingerprint density at radius 3 is 1.94 bits per heavy atom. The molecule has 0 aromatic heterocycles. The van der Waals surface area contributed by atoms with Gasteiger partial charge in [0.25, 0.3) is 0 Å². The minimum absolute atomic E-state index is 0.591. The average molecular weight is 351 g/mol. The van der Waals surface area contributed by atoms with E-state index in [9.17, 15) is 22.0 Å². The molecule has 1 rings (SSSR count). The predicted molar refractivity (Wildman–Crippen MR) is 45.7 cm³/mol. The lowest BCUT2D eigenvalue weighted by Crippen LogP contribution is -3.63. The van der Waals surface area contributed by atoms with Gasteiger partial charge in [-0.2, -0.15) is 22.0 Å². The topological polar surface area (TPSA) is 0 Å². The zero-order chi connectivity index (χ0) is 12.4. The fourth-order valence-corrected chi connectivity index (χ4v) is 3.08. The predicted octanol–water partition coefficient (Wildman–Crippen LogP) is 0.451. The van der Waals surface area contributed by atoms with Crippen LogP contribution >= 0.6 is 0 Å². The van der Waals surface area contributed by atoms with Gasteiger partial charge in [0.1, 0.15) is 0 Å². The van der Waals surface area contributed by atoms with E-state index in [1.165, 1.54) is 0 Å². The van der Waals surface area contributed by atoms with Crippen LogP contribution in [0.3, 0.4) is 0 Å². The van der Waals surface area contributed by atoms with E-state index >= 15 is 0 Å². The molecule has 1 aromatic rings. The molecule has 0 atom stereocenters. The van der Waals surface area contributed by atoms with Crippen molar-refractivity contribution >= 4 is 0 Å². The van der Waals surface area contributed by atoms with Crippen molar-refractivity contribution in [3.63, 3.8) is 0 Å². The van der Waals surface area contributed by atoms with Crippen LogP contribution < -0.4 is 21.2 Å². The molecule has 1 aromatic carbocycles. The van der Waals surface area contributed by atoms with Gasteiger partial charge in [-0.15, -0.1) is 0 Å². The van der Waals surface area contributed by atoms with Gasteiger partial charge in [-0.3, -0.25) is 0 Å². The molecule has 0 aliphatic carbocycles. The van der Waals surface area contributed by atoms with E-state index in [0.29, 0.717) is 3.57 Å². The summed E-state index contributed by atoms with van der Waals surface area (Å²) in [5.74, 6) is -4.56. The van der Waals surface area contributed by atoms with Crippen LogP contribution in [0.2, 0.25) is 0 Å². The summed E-state index contributed by atoms with van der Waals surface area (Å²) >= 11 is -1.31. The SMILES string of the molecule is Cc1ccc([I+]CC(F)(F)C(F)(F)F)cc1. The summed E-state index contributed by atoms with van der Waals surface area (Å²) in [6, 6.07) is 6.63. The van der Waals surface area contributed by atoms with Crippen molar-refractivity contribution in [1.82, 2.24) is 0 Å². The van der Waals surface area contributed by atoms with Gasteiger partial charge in [0, 0.05) is 0 Å². The van der Waals surface area contributed by atoms with E-state index < -0.39 is 37.7 Å². The van der Waals surface area contributed by atoms with Crippen molar-refractivity contribution in [2.24, 2.45) is 0 Å². The average Bonchev–Trinajstić information content (AvgIpc) is 2.15. The highest BCUT2D eigenvalue weighted by molar-refractivity contribution is 5.11. The molecule has 90 valence electrons. The van der Waals surface area contributed by atoms with Gasteiger partial charge in [-0.05, 0) is 19.1 Å². The Morgan fingerprint density at radius 2 is 1.50 bits per heavy atom. The van der Waals surface area contributed by atoms with Gasteiger partial charge >= 0.3 is 33.3 Å². The van der Waals surface area contributed by atoms with E-state index in [-0.39, 0.29) is 0 Å². The Balaban J connectivity index is 2.61. The van der Waals surface area contributed by atoms with Crippen molar-refractivity contribution in [2.45, 2.75) is 19.0 Å². The van der Waals surface area contributed by atoms with Gasteiger partial charge in [-0.1, -0.05) is 17.7 Å². The van der Waals surface area contributed by atoms with E-state index in [2.05, 4.69) is 0 Å². The molecule has 0 heterocycles. The Morgan fingerprint density at radius 1 is 1.00 bits per heavy atom. The van der Waals surface area contributed by atoms with Crippen LogP contribution in [0.5, 0.6) is 0 Å². The molecule has 6 heteroatoms. The van der Waals surface area contributed by atoms with Gasteiger partial charge < -0.3 is 0 Å². The van der Waals surface area contributed by atoms with E-state index in [1.807, 2.05) is 6.92 Å². The normalized spacial score (nSPS) is 12.9. The summed E-state index contributed by atoms with van der Waals surface area (Å²) in [6.45, 7) is 1.83. The fourth-order valence-electron chi connectivity index (χ4n) is 0.859. The van der Waals surface area contributed by atoms with Crippen LogP contribution in [0.1, 0.15) is 5.56 Å². The summed E-state index contributed by atoms with van der Waals surface area (Å²) in [7, 11) is 0. The van der Waals surface area contributed by atoms with Crippen LogP contribution in [-0.2, 0) is 0 Å². The maximum Gasteiger partial charge on any atom is 0.457 e. The molecule has 0 saturated heterocycles. The molecule has 0 N–H and O–H groups in total. The highest BCUT2D eigenvalue weighted by Crippen LogP contribution is 2.33. The summed E-state index contributed by atoms with van der Waals surface area (Å²) in [6.07, 6.45) is -5.43. The maximum absolute atomic E-state index is 12.6. The Kier molecular flexibility index (Phi) is 4.14. The number of benzene rings is 1. The third kappa shape index (κ3) is 3.57. The molecule has 0 saturated carbocycles. The van der Waals surface area contributed by atoms with Crippen molar-refractivity contribution < 1.29 is 43.2 Å². The summed E-state index contributed by atoms with van der Waals surface area (Å²) < 4.78 is 60.3. The lowest BCUT2D eigenvalue weighted by molar-refractivity contribution is -0.651. The highest BCUT2D eigenvalue weighted by atomic mass is 127. The number of rotatable bonds is 3. The largest absolute Gasteiger partial charge is 0.457 e. The van der Waals surface area contributed by atoms with Crippen LogP contribution in [0, 0.1) is 10.5 Å². The smallest absolute Gasteiger partial charge is 0.191 e. The zero-order valence-electron chi connectivity index (χ0n) is 8.28. The van der Waals surface area contributed by atoms with Crippen LogP contribution in [0.4, 0.5) is 22.0 Å².